The summed E-state index contributed by atoms with van der Waals surface area (Å²) < 4.78 is 6.47. The Morgan fingerprint density at radius 3 is 2.87 bits per heavy atom. The van der Waals surface area contributed by atoms with Gasteiger partial charge in [0, 0.05) is 6.54 Å². The van der Waals surface area contributed by atoms with E-state index in [0.29, 0.717) is 12.4 Å². The maximum Gasteiger partial charge on any atom is 0.299 e. The van der Waals surface area contributed by atoms with E-state index < -0.39 is 0 Å². The van der Waals surface area contributed by atoms with Crippen LogP contribution in [0.25, 0.3) is 0 Å². The van der Waals surface area contributed by atoms with Gasteiger partial charge < -0.3 is 9.30 Å². The van der Waals surface area contributed by atoms with Gasteiger partial charge in [0.15, 0.2) is 0 Å². The Morgan fingerprint density at radius 1 is 1.33 bits per heavy atom. The third-order valence-corrected chi connectivity index (χ3v) is 1.99. The Bertz CT molecular complexity index is 437. The first-order valence-corrected chi connectivity index (χ1v) is 4.54. The van der Waals surface area contributed by atoms with Gasteiger partial charge in [0.05, 0.1) is 12.5 Å². The van der Waals surface area contributed by atoms with Crippen molar-refractivity contribution in [2.75, 3.05) is 0 Å². The molecule has 4 heteroatoms. The highest BCUT2D eigenvalue weighted by molar-refractivity contribution is 5.42. The molecule has 0 N–H and O–H groups in total. The average molecular weight is 202 g/mol. The molecule has 2 aromatic rings. The number of rotatable bonds is 4. The SMILES string of the molecule is O=COc1cn(Cc2ccccc2)cn1. The molecular weight excluding hydrogens is 192 g/mol. The van der Waals surface area contributed by atoms with Gasteiger partial charge in [-0.2, -0.15) is 0 Å². The van der Waals surface area contributed by atoms with Crippen LogP contribution < -0.4 is 4.74 Å². The fraction of sp³-hybridized carbons (Fsp3) is 0.0909. The summed E-state index contributed by atoms with van der Waals surface area (Å²) in [5, 5.41) is 0. The molecule has 0 spiro atoms. The van der Waals surface area contributed by atoms with Crippen LogP contribution in [0.2, 0.25) is 0 Å². The smallest absolute Gasteiger partial charge is 0.299 e. The van der Waals surface area contributed by atoms with Crippen LogP contribution in [-0.4, -0.2) is 16.0 Å². The van der Waals surface area contributed by atoms with Gasteiger partial charge in [-0.3, -0.25) is 4.79 Å². The average Bonchev–Trinajstić information content (AvgIpc) is 2.68. The van der Waals surface area contributed by atoms with Crippen molar-refractivity contribution in [1.29, 1.82) is 0 Å². The van der Waals surface area contributed by atoms with Crippen molar-refractivity contribution < 1.29 is 9.53 Å². The summed E-state index contributed by atoms with van der Waals surface area (Å²) in [6.07, 6.45) is 3.31. The van der Waals surface area contributed by atoms with Gasteiger partial charge in [-0.1, -0.05) is 30.3 Å². The van der Waals surface area contributed by atoms with E-state index in [1.54, 1.807) is 12.5 Å². The van der Waals surface area contributed by atoms with Gasteiger partial charge in [0.25, 0.3) is 6.47 Å². The third kappa shape index (κ3) is 2.43. The minimum absolute atomic E-state index is 0.320. The fourth-order valence-corrected chi connectivity index (χ4v) is 1.33. The normalized spacial score (nSPS) is 9.87. The first-order chi connectivity index (χ1) is 7.38. The molecule has 0 saturated heterocycles. The third-order valence-electron chi connectivity index (χ3n) is 1.99. The first-order valence-electron chi connectivity index (χ1n) is 4.54. The van der Waals surface area contributed by atoms with Crippen molar-refractivity contribution in [3.05, 3.63) is 48.4 Å². The molecule has 2 rings (SSSR count). The van der Waals surface area contributed by atoms with Crippen LogP contribution in [0, 0.1) is 0 Å². The predicted octanol–water partition coefficient (Wildman–Crippen LogP) is 1.47. The number of carbonyl (C=O) groups is 1. The van der Waals surface area contributed by atoms with Gasteiger partial charge in [0.2, 0.25) is 5.88 Å². The molecular formula is C11H10N2O2. The molecule has 0 bridgehead atoms. The van der Waals surface area contributed by atoms with Crippen LogP contribution in [0.5, 0.6) is 5.88 Å². The van der Waals surface area contributed by atoms with Crippen LogP contribution in [0.3, 0.4) is 0 Å². The van der Waals surface area contributed by atoms with Gasteiger partial charge in [-0.25, -0.2) is 4.98 Å². The lowest BCUT2D eigenvalue weighted by molar-refractivity contribution is -0.120. The minimum Gasteiger partial charge on any atom is -0.408 e. The van der Waals surface area contributed by atoms with Gasteiger partial charge >= 0.3 is 0 Å². The van der Waals surface area contributed by atoms with E-state index in [1.165, 1.54) is 5.56 Å². The number of hydrogen-bond acceptors (Lipinski definition) is 3. The zero-order valence-corrected chi connectivity index (χ0v) is 8.04. The fourth-order valence-electron chi connectivity index (χ4n) is 1.33. The van der Waals surface area contributed by atoms with Crippen LogP contribution in [-0.2, 0) is 11.3 Å². The van der Waals surface area contributed by atoms with Crippen molar-refractivity contribution in [1.82, 2.24) is 9.55 Å². The number of aromatic nitrogens is 2. The van der Waals surface area contributed by atoms with E-state index in [2.05, 4.69) is 9.72 Å². The molecule has 0 atom stereocenters. The largest absolute Gasteiger partial charge is 0.408 e. The molecule has 4 nitrogen and oxygen atoms in total. The Hall–Kier alpha value is -2.10. The van der Waals surface area contributed by atoms with Crippen molar-refractivity contribution >= 4 is 6.47 Å². The van der Waals surface area contributed by atoms with Crippen LogP contribution in [0.1, 0.15) is 5.56 Å². The molecule has 0 unspecified atom stereocenters. The topological polar surface area (TPSA) is 44.1 Å². The zero-order chi connectivity index (χ0) is 10.5. The summed E-state index contributed by atoms with van der Waals surface area (Å²) >= 11 is 0. The second kappa shape index (κ2) is 4.41. The maximum atomic E-state index is 10.1. The van der Waals surface area contributed by atoms with Crippen molar-refractivity contribution in [3.8, 4) is 5.88 Å². The number of nitrogens with zero attached hydrogens (tertiary/aromatic N) is 2. The summed E-state index contributed by atoms with van der Waals surface area (Å²) in [6, 6.07) is 9.99. The van der Waals surface area contributed by atoms with Crippen molar-refractivity contribution in [2.45, 2.75) is 6.54 Å². The number of hydrogen-bond donors (Lipinski definition) is 0. The lowest BCUT2D eigenvalue weighted by Crippen LogP contribution is -1.95. The van der Waals surface area contributed by atoms with E-state index >= 15 is 0 Å². The second-order valence-corrected chi connectivity index (χ2v) is 3.08. The molecule has 0 radical (unpaired) electrons. The highest BCUT2D eigenvalue weighted by atomic mass is 16.5. The number of benzene rings is 1. The molecule has 0 aliphatic carbocycles. The summed E-state index contributed by atoms with van der Waals surface area (Å²) in [5.74, 6) is 0.320. The second-order valence-electron chi connectivity index (χ2n) is 3.08. The predicted molar refractivity (Wildman–Crippen MR) is 54.5 cm³/mol. The van der Waals surface area contributed by atoms with Crippen LogP contribution in [0.15, 0.2) is 42.9 Å². The molecule has 0 fully saturated rings. The zero-order valence-electron chi connectivity index (χ0n) is 8.04. The quantitative estimate of drug-likeness (QED) is 0.705. The maximum absolute atomic E-state index is 10.1. The molecule has 1 aromatic heterocycles. The number of ether oxygens (including phenoxy) is 1. The van der Waals surface area contributed by atoms with Crippen LogP contribution in [0.4, 0.5) is 0 Å². The lowest BCUT2D eigenvalue weighted by Gasteiger charge is -2.00. The van der Waals surface area contributed by atoms with Gasteiger partial charge in [-0.15, -0.1) is 0 Å². The Kier molecular flexibility index (Phi) is 2.78. The highest BCUT2D eigenvalue weighted by Gasteiger charge is 1.99. The van der Waals surface area contributed by atoms with E-state index in [1.807, 2.05) is 34.9 Å². The summed E-state index contributed by atoms with van der Waals surface area (Å²) in [5.41, 5.74) is 1.17. The van der Waals surface area contributed by atoms with Crippen molar-refractivity contribution in [2.24, 2.45) is 0 Å². The van der Waals surface area contributed by atoms with E-state index in [4.69, 9.17) is 0 Å². The highest BCUT2D eigenvalue weighted by Crippen LogP contribution is 2.07. The molecule has 0 saturated carbocycles. The molecule has 1 aromatic carbocycles. The summed E-state index contributed by atoms with van der Waals surface area (Å²) in [7, 11) is 0. The first kappa shape index (κ1) is 9.45. The van der Waals surface area contributed by atoms with Gasteiger partial charge in [0.1, 0.15) is 0 Å². The summed E-state index contributed by atoms with van der Waals surface area (Å²) in [4.78, 5) is 14.0. The minimum atomic E-state index is 0.320. The standard InChI is InChI=1S/C11H10N2O2/c14-9-15-11-7-13(8-12-11)6-10-4-2-1-3-5-10/h1-5,7-9H,6H2. The lowest BCUT2D eigenvalue weighted by atomic mass is 10.2. The molecule has 0 aliphatic rings. The summed E-state index contributed by atoms with van der Waals surface area (Å²) in [6.45, 7) is 1.09. The van der Waals surface area contributed by atoms with Gasteiger partial charge in [-0.05, 0) is 5.56 Å². The molecule has 0 aliphatic heterocycles. The van der Waals surface area contributed by atoms with E-state index in [9.17, 15) is 4.79 Å². The molecule has 76 valence electrons. The van der Waals surface area contributed by atoms with Crippen LogP contribution >= 0.6 is 0 Å². The molecule has 0 amide bonds. The van der Waals surface area contributed by atoms with E-state index in [-0.39, 0.29) is 0 Å². The molecule has 15 heavy (non-hydrogen) atoms. The Balaban J connectivity index is 2.08. The van der Waals surface area contributed by atoms with Crippen molar-refractivity contribution in [3.63, 3.8) is 0 Å². The Morgan fingerprint density at radius 2 is 2.13 bits per heavy atom. The number of carbonyl (C=O) groups excluding carboxylic acids is 1. The number of imidazole rings is 1. The Labute approximate surface area is 87.1 Å². The van der Waals surface area contributed by atoms with E-state index in [0.717, 1.165) is 6.54 Å². The molecule has 1 heterocycles. The monoisotopic (exact) mass is 202 g/mol.